The van der Waals surface area contributed by atoms with Gasteiger partial charge in [0.2, 0.25) is 0 Å². The SMILES string of the molecule is NC(N)=N[C@@H]([C@@H](N)C(=O)O)C(F)(F)F. The number of guanidine groups is 1. The van der Waals surface area contributed by atoms with Gasteiger partial charge in [-0.3, -0.25) is 4.79 Å². The van der Waals surface area contributed by atoms with Crippen LogP contribution in [0.25, 0.3) is 0 Å². The van der Waals surface area contributed by atoms with E-state index in [1.807, 2.05) is 0 Å². The summed E-state index contributed by atoms with van der Waals surface area (Å²) in [5.41, 5.74) is 14.2. The highest BCUT2D eigenvalue weighted by Crippen LogP contribution is 2.24. The van der Waals surface area contributed by atoms with Gasteiger partial charge in [-0.25, -0.2) is 4.99 Å². The van der Waals surface area contributed by atoms with Crippen LogP contribution in [0.2, 0.25) is 0 Å². The van der Waals surface area contributed by atoms with E-state index < -0.39 is 30.2 Å². The van der Waals surface area contributed by atoms with Gasteiger partial charge >= 0.3 is 12.1 Å². The van der Waals surface area contributed by atoms with Gasteiger partial charge in [0.1, 0.15) is 6.04 Å². The van der Waals surface area contributed by atoms with E-state index in [0.29, 0.717) is 0 Å². The van der Waals surface area contributed by atoms with Crippen LogP contribution >= 0.6 is 0 Å². The second-order valence-corrected chi connectivity index (χ2v) is 2.40. The number of nitrogens with zero attached hydrogens (tertiary/aromatic N) is 1. The standard InChI is InChI=1S/C5H9F3N4O2/c6-5(7,8)2(12-4(10)11)1(9)3(13)14/h1-2H,9H2,(H,13,14)(H4,10,11,12)/t1-,2+/m1/s1. The molecule has 0 spiro atoms. The van der Waals surface area contributed by atoms with E-state index in [4.69, 9.17) is 22.3 Å². The van der Waals surface area contributed by atoms with E-state index in [1.165, 1.54) is 0 Å². The van der Waals surface area contributed by atoms with E-state index >= 15 is 0 Å². The lowest BCUT2D eigenvalue weighted by Crippen LogP contribution is -2.50. The Morgan fingerprint density at radius 1 is 1.36 bits per heavy atom. The van der Waals surface area contributed by atoms with Crippen molar-refractivity contribution >= 4 is 11.9 Å². The van der Waals surface area contributed by atoms with E-state index in [1.54, 1.807) is 0 Å². The zero-order valence-electron chi connectivity index (χ0n) is 6.82. The summed E-state index contributed by atoms with van der Waals surface area (Å²) in [6, 6.07) is -4.86. The van der Waals surface area contributed by atoms with Crippen molar-refractivity contribution in [3.8, 4) is 0 Å². The number of nitrogens with two attached hydrogens (primary N) is 3. The molecule has 0 radical (unpaired) electrons. The van der Waals surface area contributed by atoms with E-state index in [0.717, 1.165) is 0 Å². The first-order valence-corrected chi connectivity index (χ1v) is 3.30. The van der Waals surface area contributed by atoms with Crippen LogP contribution in [0.15, 0.2) is 4.99 Å². The first-order valence-electron chi connectivity index (χ1n) is 3.30. The van der Waals surface area contributed by atoms with Crippen LogP contribution in [0.3, 0.4) is 0 Å². The number of aliphatic carboxylic acids is 1. The fourth-order valence-corrected chi connectivity index (χ4v) is 0.653. The highest BCUT2D eigenvalue weighted by molar-refractivity contribution is 5.78. The maximum absolute atomic E-state index is 12.1. The Labute approximate surface area is 76.6 Å². The summed E-state index contributed by atoms with van der Waals surface area (Å²) in [5, 5.41) is 8.25. The molecule has 0 rings (SSSR count). The van der Waals surface area contributed by atoms with Crippen molar-refractivity contribution in [2.75, 3.05) is 0 Å². The van der Waals surface area contributed by atoms with Crippen LogP contribution in [0, 0.1) is 0 Å². The maximum Gasteiger partial charge on any atom is 0.413 e. The van der Waals surface area contributed by atoms with Gasteiger partial charge in [-0.15, -0.1) is 0 Å². The van der Waals surface area contributed by atoms with Gasteiger partial charge in [0.25, 0.3) is 0 Å². The topological polar surface area (TPSA) is 128 Å². The molecular formula is C5H9F3N4O2. The Morgan fingerprint density at radius 3 is 2.00 bits per heavy atom. The van der Waals surface area contributed by atoms with Crippen LogP contribution in [-0.4, -0.2) is 35.3 Å². The third-order valence-electron chi connectivity index (χ3n) is 1.25. The van der Waals surface area contributed by atoms with Gasteiger partial charge in [0.15, 0.2) is 12.0 Å². The Kier molecular flexibility index (Phi) is 3.69. The number of alkyl halides is 3. The van der Waals surface area contributed by atoms with Crippen molar-refractivity contribution in [2.45, 2.75) is 18.3 Å². The van der Waals surface area contributed by atoms with Crippen LogP contribution in [0.1, 0.15) is 0 Å². The second-order valence-electron chi connectivity index (χ2n) is 2.40. The number of hydrogen-bond donors (Lipinski definition) is 4. The highest BCUT2D eigenvalue weighted by Gasteiger charge is 2.46. The first kappa shape index (κ1) is 12.5. The molecule has 0 bridgehead atoms. The molecule has 14 heavy (non-hydrogen) atoms. The zero-order valence-corrected chi connectivity index (χ0v) is 6.82. The first-order chi connectivity index (χ1) is 6.16. The summed E-state index contributed by atoms with van der Waals surface area (Å²) in [6.45, 7) is 0. The zero-order chi connectivity index (χ0) is 11.5. The number of aliphatic imine (C=N–C) groups is 1. The molecule has 2 atom stereocenters. The fourth-order valence-electron chi connectivity index (χ4n) is 0.653. The van der Waals surface area contributed by atoms with Crippen molar-refractivity contribution in [1.82, 2.24) is 0 Å². The number of hydrogen-bond acceptors (Lipinski definition) is 3. The third-order valence-corrected chi connectivity index (χ3v) is 1.25. The average Bonchev–Trinajstić information content (AvgIpc) is 1.96. The molecule has 0 heterocycles. The van der Waals surface area contributed by atoms with Gasteiger partial charge in [-0.2, -0.15) is 13.2 Å². The molecule has 0 saturated heterocycles. The fraction of sp³-hybridized carbons (Fsp3) is 0.600. The molecule has 0 unspecified atom stereocenters. The Morgan fingerprint density at radius 2 is 1.79 bits per heavy atom. The van der Waals surface area contributed by atoms with Crippen molar-refractivity contribution in [3.05, 3.63) is 0 Å². The predicted molar refractivity (Wildman–Crippen MR) is 41.3 cm³/mol. The summed E-state index contributed by atoms with van der Waals surface area (Å²) < 4.78 is 36.4. The minimum absolute atomic E-state index is 0.871. The monoisotopic (exact) mass is 214 g/mol. The summed E-state index contributed by atoms with van der Waals surface area (Å²) >= 11 is 0. The van der Waals surface area contributed by atoms with Gasteiger partial charge in [0, 0.05) is 0 Å². The Balaban J connectivity index is 4.93. The molecule has 0 fully saturated rings. The minimum atomic E-state index is -4.90. The maximum atomic E-state index is 12.1. The largest absolute Gasteiger partial charge is 0.480 e. The summed E-state index contributed by atoms with van der Waals surface area (Å²) in [6.07, 6.45) is -4.90. The van der Waals surface area contributed by atoms with Crippen LogP contribution in [0.4, 0.5) is 13.2 Å². The Hall–Kier alpha value is -1.51. The molecule has 0 aliphatic heterocycles. The quantitative estimate of drug-likeness (QED) is 0.339. The van der Waals surface area contributed by atoms with Gasteiger partial charge < -0.3 is 22.3 Å². The van der Waals surface area contributed by atoms with Gasteiger partial charge in [-0.1, -0.05) is 0 Å². The average molecular weight is 214 g/mol. The van der Waals surface area contributed by atoms with Crippen molar-refractivity contribution in [1.29, 1.82) is 0 Å². The lowest BCUT2D eigenvalue weighted by molar-refractivity contribution is -0.164. The predicted octanol–water partition coefficient (Wildman–Crippen LogP) is -1.40. The second kappa shape index (κ2) is 4.13. The molecule has 6 nitrogen and oxygen atoms in total. The molecule has 7 N–H and O–H groups in total. The summed E-state index contributed by atoms with van der Waals surface area (Å²) in [5.74, 6) is -2.71. The third kappa shape index (κ3) is 3.47. The lowest BCUT2D eigenvalue weighted by Gasteiger charge is -2.19. The highest BCUT2D eigenvalue weighted by atomic mass is 19.4. The molecule has 0 aromatic heterocycles. The molecule has 0 amide bonds. The van der Waals surface area contributed by atoms with Crippen LogP contribution in [-0.2, 0) is 4.79 Å². The summed E-state index contributed by atoms with van der Waals surface area (Å²) in [4.78, 5) is 12.9. The number of halogens is 3. The van der Waals surface area contributed by atoms with E-state index in [2.05, 4.69) is 4.99 Å². The number of carboxylic acids is 1. The van der Waals surface area contributed by atoms with Crippen LogP contribution < -0.4 is 17.2 Å². The van der Waals surface area contributed by atoms with Gasteiger partial charge in [0.05, 0.1) is 0 Å². The minimum Gasteiger partial charge on any atom is -0.480 e. The molecule has 0 saturated carbocycles. The lowest BCUT2D eigenvalue weighted by atomic mass is 10.1. The van der Waals surface area contributed by atoms with Gasteiger partial charge in [-0.05, 0) is 0 Å². The van der Waals surface area contributed by atoms with E-state index in [-0.39, 0.29) is 0 Å². The van der Waals surface area contributed by atoms with Crippen molar-refractivity contribution < 1.29 is 23.1 Å². The van der Waals surface area contributed by atoms with Crippen molar-refractivity contribution in [3.63, 3.8) is 0 Å². The summed E-state index contributed by atoms with van der Waals surface area (Å²) in [7, 11) is 0. The molecule has 0 aromatic carbocycles. The molecular weight excluding hydrogens is 205 g/mol. The molecule has 0 aliphatic rings. The Bertz CT molecular complexity index is 248. The van der Waals surface area contributed by atoms with E-state index in [9.17, 15) is 18.0 Å². The molecule has 9 heteroatoms. The number of carboxylic acid groups (broad SMARTS) is 1. The molecule has 82 valence electrons. The van der Waals surface area contributed by atoms with Crippen molar-refractivity contribution in [2.24, 2.45) is 22.2 Å². The number of rotatable bonds is 3. The normalized spacial score (nSPS) is 15.7. The molecule has 0 aliphatic carbocycles. The smallest absolute Gasteiger partial charge is 0.413 e. The van der Waals surface area contributed by atoms with Crippen LogP contribution in [0.5, 0.6) is 0 Å². The molecule has 0 aromatic rings. The number of carbonyl (C=O) groups is 1.